The van der Waals surface area contributed by atoms with Crippen molar-refractivity contribution < 1.29 is 13.2 Å². The van der Waals surface area contributed by atoms with Crippen LogP contribution in [0.25, 0.3) is 0 Å². The van der Waals surface area contributed by atoms with E-state index in [-0.39, 0.29) is 10.8 Å². The number of aromatic nitrogens is 1. The molecular weight excluding hydrogens is 320 g/mol. The lowest BCUT2D eigenvalue weighted by molar-refractivity contribution is 0.391. The number of ether oxygens (including phenoxy) is 1. The Morgan fingerprint density at radius 1 is 1.45 bits per heavy atom. The minimum Gasteiger partial charge on any atom is -0.479 e. The lowest BCUT2D eigenvalue weighted by Gasteiger charge is -2.20. The number of anilines is 1. The molecule has 106 valence electrons. The molecule has 5 nitrogen and oxygen atoms in total. The second kappa shape index (κ2) is 4.91. The maximum Gasteiger partial charge on any atom is 0.270 e. The van der Waals surface area contributed by atoms with Crippen LogP contribution < -0.4 is 9.04 Å². The summed E-state index contributed by atoms with van der Waals surface area (Å²) < 4.78 is 35.8. The third-order valence-electron chi connectivity index (χ3n) is 3.17. The number of methoxy groups -OCH3 is 1. The molecule has 1 aliphatic rings. The van der Waals surface area contributed by atoms with Crippen LogP contribution in [0, 0.1) is 0 Å². The maximum atomic E-state index is 12.7. The van der Waals surface area contributed by atoms with Crippen LogP contribution >= 0.6 is 23.1 Å². The molecule has 0 unspecified atom stereocenters. The predicted molar refractivity (Wildman–Crippen MR) is 78.4 cm³/mol. The van der Waals surface area contributed by atoms with Crippen molar-refractivity contribution in [3.63, 3.8) is 0 Å². The Balaban J connectivity index is 2.12. The number of halogens is 1. The van der Waals surface area contributed by atoms with E-state index in [4.69, 9.17) is 16.3 Å². The summed E-state index contributed by atoms with van der Waals surface area (Å²) >= 11 is 7.20. The number of benzene rings is 1. The standard InChI is InChI=1S/C12H11ClN2O3S2/c1-18-12-10(7-19-14-12)20(16,17)15-6-5-8-3-2-4-9(13)11(8)15/h2-4,7H,5-6H2,1H3. The molecule has 0 N–H and O–H groups in total. The molecule has 8 heteroatoms. The quantitative estimate of drug-likeness (QED) is 0.867. The van der Waals surface area contributed by atoms with Gasteiger partial charge in [0.05, 0.1) is 17.8 Å². The molecule has 1 aliphatic heterocycles. The number of hydrogen-bond donors (Lipinski definition) is 0. The largest absolute Gasteiger partial charge is 0.479 e. The van der Waals surface area contributed by atoms with E-state index in [0.717, 1.165) is 17.1 Å². The molecule has 0 spiro atoms. The molecule has 2 heterocycles. The Morgan fingerprint density at radius 2 is 2.25 bits per heavy atom. The second-order valence-electron chi connectivity index (χ2n) is 4.26. The number of sulfonamides is 1. The van der Waals surface area contributed by atoms with Gasteiger partial charge >= 0.3 is 0 Å². The highest BCUT2D eigenvalue weighted by molar-refractivity contribution is 7.93. The van der Waals surface area contributed by atoms with Gasteiger partial charge in [-0.25, -0.2) is 8.42 Å². The third-order valence-corrected chi connectivity index (χ3v) is 6.03. The van der Waals surface area contributed by atoms with Crippen molar-refractivity contribution in [2.24, 2.45) is 0 Å². The SMILES string of the molecule is COc1nscc1S(=O)(=O)N1CCc2cccc(Cl)c21. The number of rotatable bonds is 3. The first-order valence-corrected chi connectivity index (χ1v) is 8.49. The normalized spacial score (nSPS) is 14.4. The first-order valence-electron chi connectivity index (χ1n) is 5.84. The van der Waals surface area contributed by atoms with E-state index >= 15 is 0 Å². The van der Waals surface area contributed by atoms with Crippen LogP contribution in [0.4, 0.5) is 5.69 Å². The van der Waals surface area contributed by atoms with Crippen LogP contribution in [0.15, 0.2) is 28.5 Å². The Hall–Kier alpha value is -1.31. The van der Waals surface area contributed by atoms with Crippen molar-refractivity contribution in [1.82, 2.24) is 4.37 Å². The first-order chi connectivity index (χ1) is 9.55. The molecule has 0 aliphatic carbocycles. The molecule has 0 atom stereocenters. The molecular formula is C12H11ClN2O3S2. The van der Waals surface area contributed by atoms with E-state index in [1.807, 2.05) is 12.1 Å². The summed E-state index contributed by atoms with van der Waals surface area (Å²) in [5.41, 5.74) is 1.49. The number of nitrogens with zero attached hydrogens (tertiary/aromatic N) is 2. The highest BCUT2D eigenvalue weighted by Crippen LogP contribution is 2.40. The topological polar surface area (TPSA) is 59.5 Å². The molecule has 0 radical (unpaired) electrons. The van der Waals surface area contributed by atoms with Crippen molar-refractivity contribution in [1.29, 1.82) is 0 Å². The fourth-order valence-corrected chi connectivity index (χ4v) is 5.17. The van der Waals surface area contributed by atoms with Crippen molar-refractivity contribution >= 4 is 38.8 Å². The average Bonchev–Trinajstić information content (AvgIpc) is 3.06. The second-order valence-corrected chi connectivity index (χ2v) is 7.13. The van der Waals surface area contributed by atoms with Crippen molar-refractivity contribution in [3.8, 4) is 5.88 Å². The number of fused-ring (bicyclic) bond motifs is 1. The van der Waals surface area contributed by atoms with Gasteiger partial charge in [-0.1, -0.05) is 23.7 Å². The van der Waals surface area contributed by atoms with Gasteiger partial charge in [0.25, 0.3) is 10.0 Å². The van der Waals surface area contributed by atoms with Gasteiger partial charge in [-0.3, -0.25) is 4.31 Å². The summed E-state index contributed by atoms with van der Waals surface area (Å²) in [6.07, 6.45) is 0.648. The van der Waals surface area contributed by atoms with Gasteiger partial charge < -0.3 is 4.74 Å². The summed E-state index contributed by atoms with van der Waals surface area (Å²) in [4.78, 5) is 0.0813. The number of hydrogen-bond acceptors (Lipinski definition) is 5. The summed E-state index contributed by atoms with van der Waals surface area (Å²) in [5.74, 6) is 0.121. The molecule has 0 bridgehead atoms. The minimum atomic E-state index is -3.70. The zero-order valence-electron chi connectivity index (χ0n) is 10.5. The van der Waals surface area contributed by atoms with Crippen LogP contribution in [-0.4, -0.2) is 26.4 Å². The first kappa shape index (κ1) is 13.7. The van der Waals surface area contributed by atoms with E-state index in [1.54, 1.807) is 6.07 Å². The summed E-state index contributed by atoms with van der Waals surface area (Å²) in [7, 11) is -2.30. The zero-order chi connectivity index (χ0) is 14.3. The summed E-state index contributed by atoms with van der Waals surface area (Å²) in [5, 5.41) is 1.91. The molecule has 1 aromatic heterocycles. The molecule has 3 rings (SSSR count). The molecule has 1 aromatic carbocycles. The molecule has 0 saturated heterocycles. The zero-order valence-corrected chi connectivity index (χ0v) is 12.9. The Morgan fingerprint density at radius 3 is 3.00 bits per heavy atom. The number of para-hydroxylation sites is 1. The van der Waals surface area contributed by atoms with Gasteiger partial charge in [0, 0.05) is 11.9 Å². The maximum absolute atomic E-state index is 12.7. The summed E-state index contributed by atoms with van der Waals surface area (Å²) in [6, 6.07) is 5.40. The Labute approximate surface area is 126 Å². The van der Waals surface area contributed by atoms with Crippen LogP contribution in [0.5, 0.6) is 5.88 Å². The van der Waals surface area contributed by atoms with E-state index in [0.29, 0.717) is 23.7 Å². The van der Waals surface area contributed by atoms with Gasteiger partial charge in [0.15, 0.2) is 4.90 Å². The van der Waals surface area contributed by atoms with Crippen LogP contribution in [0.2, 0.25) is 5.02 Å². The Kier molecular flexibility index (Phi) is 3.35. The van der Waals surface area contributed by atoms with Gasteiger partial charge in [0.2, 0.25) is 5.88 Å². The lowest BCUT2D eigenvalue weighted by Crippen LogP contribution is -2.29. The van der Waals surface area contributed by atoms with Crippen molar-refractivity contribution in [2.75, 3.05) is 18.0 Å². The van der Waals surface area contributed by atoms with E-state index in [2.05, 4.69) is 4.37 Å². The lowest BCUT2D eigenvalue weighted by atomic mass is 10.2. The molecule has 2 aromatic rings. The highest BCUT2D eigenvalue weighted by atomic mass is 35.5. The van der Waals surface area contributed by atoms with Crippen LogP contribution in [0.1, 0.15) is 5.56 Å². The fourth-order valence-electron chi connectivity index (χ4n) is 2.26. The van der Waals surface area contributed by atoms with Gasteiger partial charge in [-0.05, 0) is 29.6 Å². The van der Waals surface area contributed by atoms with Crippen molar-refractivity contribution in [2.45, 2.75) is 11.3 Å². The third kappa shape index (κ3) is 1.97. The van der Waals surface area contributed by atoms with Crippen LogP contribution in [-0.2, 0) is 16.4 Å². The summed E-state index contributed by atoms with van der Waals surface area (Å²) in [6.45, 7) is 0.375. The minimum absolute atomic E-state index is 0.0813. The monoisotopic (exact) mass is 330 g/mol. The molecule has 0 amide bonds. The smallest absolute Gasteiger partial charge is 0.270 e. The highest BCUT2D eigenvalue weighted by Gasteiger charge is 2.35. The fraction of sp³-hybridized carbons (Fsp3) is 0.250. The van der Waals surface area contributed by atoms with E-state index in [1.165, 1.54) is 16.8 Å². The van der Waals surface area contributed by atoms with Gasteiger partial charge in [-0.15, -0.1) is 0 Å². The van der Waals surface area contributed by atoms with Gasteiger partial charge in [0.1, 0.15) is 0 Å². The molecule has 0 saturated carbocycles. The van der Waals surface area contributed by atoms with Crippen LogP contribution in [0.3, 0.4) is 0 Å². The van der Waals surface area contributed by atoms with E-state index < -0.39 is 10.0 Å². The Bertz CT molecular complexity index is 758. The average molecular weight is 331 g/mol. The van der Waals surface area contributed by atoms with Crippen molar-refractivity contribution in [3.05, 3.63) is 34.2 Å². The molecule has 20 heavy (non-hydrogen) atoms. The van der Waals surface area contributed by atoms with E-state index in [9.17, 15) is 8.42 Å². The predicted octanol–water partition coefficient (Wildman–Crippen LogP) is 2.56. The molecule has 0 fully saturated rings. The van der Waals surface area contributed by atoms with Gasteiger partial charge in [-0.2, -0.15) is 4.37 Å².